The fraction of sp³-hybridized carbons (Fsp3) is 0.533. The Hall–Kier alpha value is -1.20. The number of rotatable bonds is 3. The first-order chi connectivity index (χ1) is 8.65. The van der Waals surface area contributed by atoms with Gasteiger partial charge >= 0.3 is 0 Å². The van der Waals surface area contributed by atoms with E-state index >= 15 is 0 Å². The summed E-state index contributed by atoms with van der Waals surface area (Å²) in [6.45, 7) is 2.47. The highest BCUT2D eigenvalue weighted by atomic mass is 35.5. The molecule has 1 aromatic carbocycles. The van der Waals surface area contributed by atoms with Gasteiger partial charge in [0.25, 0.3) is 0 Å². The predicted octanol–water partition coefficient (Wildman–Crippen LogP) is 4.50. The number of halogens is 1. The maximum absolute atomic E-state index is 9.38. The van der Waals surface area contributed by atoms with Crippen molar-refractivity contribution in [2.24, 2.45) is 5.41 Å². The van der Waals surface area contributed by atoms with Gasteiger partial charge < -0.3 is 4.74 Å². The van der Waals surface area contributed by atoms with Crippen molar-refractivity contribution in [1.29, 1.82) is 5.26 Å². The average molecular weight is 264 g/mol. The molecule has 0 aromatic heterocycles. The van der Waals surface area contributed by atoms with Crippen LogP contribution in [0.15, 0.2) is 18.2 Å². The van der Waals surface area contributed by atoms with Crippen LogP contribution < -0.4 is 4.74 Å². The Bertz CT molecular complexity index is 458. The molecule has 18 heavy (non-hydrogen) atoms. The molecule has 96 valence electrons. The van der Waals surface area contributed by atoms with E-state index in [1.807, 2.05) is 25.1 Å². The van der Waals surface area contributed by atoms with Crippen molar-refractivity contribution in [1.82, 2.24) is 0 Å². The van der Waals surface area contributed by atoms with Crippen LogP contribution in [0.4, 0.5) is 0 Å². The molecule has 0 bridgehead atoms. The number of nitriles is 1. The smallest absolute Gasteiger partial charge is 0.122 e. The molecule has 0 saturated heterocycles. The molecule has 0 radical (unpaired) electrons. The summed E-state index contributed by atoms with van der Waals surface area (Å²) >= 11 is 5.91. The first-order valence-electron chi connectivity index (χ1n) is 6.45. The summed E-state index contributed by atoms with van der Waals surface area (Å²) in [5.41, 5.74) is 0.732. The fourth-order valence-corrected chi connectivity index (χ4v) is 2.73. The molecule has 0 spiro atoms. The Morgan fingerprint density at radius 3 is 2.67 bits per heavy atom. The molecule has 0 N–H and O–H groups in total. The van der Waals surface area contributed by atoms with Gasteiger partial charge in [-0.15, -0.1) is 0 Å². The van der Waals surface area contributed by atoms with Gasteiger partial charge in [-0.2, -0.15) is 5.26 Å². The third-order valence-electron chi connectivity index (χ3n) is 3.69. The standard InChI is InChI=1S/C15H18ClNO/c1-12-9-13(16)5-6-14(12)18-11-15(10-17)7-3-2-4-8-15/h5-6,9H,2-4,7-8,11H2,1H3. The average Bonchev–Trinajstić information content (AvgIpc) is 2.39. The minimum Gasteiger partial charge on any atom is -0.492 e. The molecule has 2 rings (SSSR count). The topological polar surface area (TPSA) is 33.0 Å². The monoisotopic (exact) mass is 263 g/mol. The van der Waals surface area contributed by atoms with E-state index in [0.717, 1.165) is 37.0 Å². The second-order valence-corrected chi connectivity index (χ2v) is 5.59. The Labute approximate surface area is 114 Å². The van der Waals surface area contributed by atoms with Crippen molar-refractivity contribution in [3.05, 3.63) is 28.8 Å². The number of nitrogens with zero attached hydrogens (tertiary/aromatic N) is 1. The van der Waals surface area contributed by atoms with E-state index in [1.165, 1.54) is 6.42 Å². The van der Waals surface area contributed by atoms with Gasteiger partial charge in [-0.1, -0.05) is 30.9 Å². The molecule has 0 unspecified atom stereocenters. The molecule has 3 heteroatoms. The van der Waals surface area contributed by atoms with Crippen LogP contribution in [0.3, 0.4) is 0 Å². The van der Waals surface area contributed by atoms with E-state index in [-0.39, 0.29) is 5.41 Å². The third-order valence-corrected chi connectivity index (χ3v) is 3.92. The molecular formula is C15H18ClNO. The van der Waals surface area contributed by atoms with Crippen molar-refractivity contribution in [2.45, 2.75) is 39.0 Å². The number of ether oxygens (including phenoxy) is 1. The van der Waals surface area contributed by atoms with Gasteiger partial charge in [0.15, 0.2) is 0 Å². The predicted molar refractivity (Wildman–Crippen MR) is 72.8 cm³/mol. The van der Waals surface area contributed by atoms with Crippen molar-refractivity contribution in [3.8, 4) is 11.8 Å². The van der Waals surface area contributed by atoms with Crippen LogP contribution in [0.1, 0.15) is 37.7 Å². The number of hydrogen-bond acceptors (Lipinski definition) is 2. The lowest BCUT2D eigenvalue weighted by molar-refractivity contribution is 0.150. The molecule has 0 heterocycles. The molecule has 2 nitrogen and oxygen atoms in total. The lowest BCUT2D eigenvalue weighted by Gasteiger charge is -2.30. The highest BCUT2D eigenvalue weighted by molar-refractivity contribution is 6.30. The normalized spacial score (nSPS) is 18.1. The van der Waals surface area contributed by atoms with Gasteiger partial charge in [-0.3, -0.25) is 0 Å². The summed E-state index contributed by atoms with van der Waals surface area (Å²) in [5.74, 6) is 0.833. The van der Waals surface area contributed by atoms with Gasteiger partial charge in [-0.25, -0.2) is 0 Å². The maximum Gasteiger partial charge on any atom is 0.122 e. The highest BCUT2D eigenvalue weighted by Gasteiger charge is 2.33. The van der Waals surface area contributed by atoms with Gasteiger partial charge in [0.2, 0.25) is 0 Å². The zero-order valence-electron chi connectivity index (χ0n) is 10.7. The van der Waals surface area contributed by atoms with Crippen LogP contribution in [-0.2, 0) is 0 Å². The van der Waals surface area contributed by atoms with Crippen LogP contribution in [0.25, 0.3) is 0 Å². The van der Waals surface area contributed by atoms with Crippen LogP contribution >= 0.6 is 11.6 Å². The minimum atomic E-state index is -0.287. The summed E-state index contributed by atoms with van der Waals surface area (Å²) < 4.78 is 5.84. The van der Waals surface area contributed by atoms with Crippen molar-refractivity contribution in [3.63, 3.8) is 0 Å². The quantitative estimate of drug-likeness (QED) is 0.804. The van der Waals surface area contributed by atoms with Crippen LogP contribution in [0, 0.1) is 23.7 Å². The summed E-state index contributed by atoms with van der Waals surface area (Å²) in [5, 5.41) is 10.1. The molecular weight excluding hydrogens is 246 g/mol. The van der Waals surface area contributed by atoms with Gasteiger partial charge in [0.1, 0.15) is 12.4 Å². The summed E-state index contributed by atoms with van der Waals surface area (Å²) in [6, 6.07) is 8.06. The van der Waals surface area contributed by atoms with E-state index in [9.17, 15) is 5.26 Å². The van der Waals surface area contributed by atoms with Crippen molar-refractivity contribution >= 4 is 11.6 Å². The van der Waals surface area contributed by atoms with E-state index in [4.69, 9.17) is 16.3 Å². The summed E-state index contributed by atoms with van der Waals surface area (Å²) in [6.07, 6.45) is 5.42. The Balaban J connectivity index is 2.04. The Kier molecular flexibility index (Phi) is 4.14. The second-order valence-electron chi connectivity index (χ2n) is 5.15. The molecule has 0 aliphatic heterocycles. The number of benzene rings is 1. The highest BCUT2D eigenvalue weighted by Crippen LogP contribution is 2.36. The van der Waals surface area contributed by atoms with Crippen molar-refractivity contribution in [2.75, 3.05) is 6.61 Å². The fourth-order valence-electron chi connectivity index (χ4n) is 2.51. The molecule has 1 aliphatic carbocycles. The third kappa shape index (κ3) is 2.97. The number of aryl methyl sites for hydroxylation is 1. The minimum absolute atomic E-state index is 0.287. The summed E-state index contributed by atoms with van der Waals surface area (Å²) in [7, 11) is 0. The van der Waals surface area contributed by atoms with Crippen molar-refractivity contribution < 1.29 is 4.74 Å². The SMILES string of the molecule is Cc1cc(Cl)ccc1OCC1(C#N)CCCCC1. The van der Waals surface area contributed by atoms with Gasteiger partial charge in [-0.05, 0) is 43.5 Å². The van der Waals surface area contributed by atoms with Gasteiger partial charge in [0, 0.05) is 5.02 Å². The molecule has 1 fully saturated rings. The van der Waals surface area contributed by atoms with E-state index in [2.05, 4.69) is 6.07 Å². The first-order valence-corrected chi connectivity index (χ1v) is 6.83. The van der Waals surface area contributed by atoms with Crippen LogP contribution in [0.5, 0.6) is 5.75 Å². The number of hydrogen-bond donors (Lipinski definition) is 0. The molecule has 0 atom stereocenters. The largest absolute Gasteiger partial charge is 0.492 e. The molecule has 0 amide bonds. The zero-order chi connectivity index (χ0) is 13.0. The lowest BCUT2D eigenvalue weighted by atomic mass is 9.76. The lowest BCUT2D eigenvalue weighted by Crippen LogP contribution is -2.29. The van der Waals surface area contributed by atoms with E-state index < -0.39 is 0 Å². The maximum atomic E-state index is 9.38. The summed E-state index contributed by atoms with van der Waals surface area (Å²) in [4.78, 5) is 0. The molecule has 1 aliphatic rings. The zero-order valence-corrected chi connectivity index (χ0v) is 11.5. The Morgan fingerprint density at radius 1 is 1.33 bits per heavy atom. The van der Waals surface area contributed by atoms with Crippen LogP contribution in [-0.4, -0.2) is 6.61 Å². The Morgan fingerprint density at radius 2 is 2.06 bits per heavy atom. The van der Waals surface area contributed by atoms with E-state index in [0.29, 0.717) is 11.6 Å². The van der Waals surface area contributed by atoms with Gasteiger partial charge in [0.05, 0.1) is 11.5 Å². The molecule has 1 saturated carbocycles. The van der Waals surface area contributed by atoms with Crippen LogP contribution in [0.2, 0.25) is 5.02 Å². The molecule has 1 aromatic rings. The first kappa shape index (κ1) is 13.2. The van der Waals surface area contributed by atoms with E-state index in [1.54, 1.807) is 0 Å². The second kappa shape index (κ2) is 5.63.